The summed E-state index contributed by atoms with van der Waals surface area (Å²) in [7, 11) is 1.83. The van der Waals surface area contributed by atoms with E-state index in [2.05, 4.69) is 15.0 Å². The number of rotatable bonds is 7. The van der Waals surface area contributed by atoms with Gasteiger partial charge in [-0.1, -0.05) is 18.0 Å². The van der Waals surface area contributed by atoms with Gasteiger partial charge in [-0.3, -0.25) is 14.5 Å². The molecule has 0 aromatic carbocycles. The first kappa shape index (κ1) is 22.2. The summed E-state index contributed by atoms with van der Waals surface area (Å²) in [4.78, 5) is 35.5. The molecule has 2 amide bonds. The standard InChI is InChI=1S/C22H35N5O4/c1-25(22(29)17-7-12-30-13-8-17)11-6-19-23-21(31-24-19)18-14-27(15-18)20(28)16-26-9-4-2-3-5-10-26/h17-18H,2-16H2,1H3. The van der Waals surface area contributed by atoms with E-state index in [1.165, 1.54) is 25.7 Å². The van der Waals surface area contributed by atoms with Crippen LogP contribution in [0.5, 0.6) is 0 Å². The van der Waals surface area contributed by atoms with E-state index in [0.29, 0.717) is 57.5 Å². The molecule has 9 heteroatoms. The van der Waals surface area contributed by atoms with E-state index in [1.807, 2.05) is 11.9 Å². The van der Waals surface area contributed by atoms with Gasteiger partial charge in [0, 0.05) is 52.2 Å². The second kappa shape index (κ2) is 10.5. The minimum Gasteiger partial charge on any atom is -0.381 e. The van der Waals surface area contributed by atoms with Crippen LogP contribution in [-0.4, -0.2) is 96.2 Å². The number of hydrogen-bond acceptors (Lipinski definition) is 7. The molecule has 9 nitrogen and oxygen atoms in total. The van der Waals surface area contributed by atoms with Crippen molar-refractivity contribution in [1.82, 2.24) is 24.8 Å². The third-order valence-corrected chi connectivity index (χ3v) is 6.74. The molecule has 0 unspecified atom stereocenters. The zero-order valence-corrected chi connectivity index (χ0v) is 18.6. The van der Waals surface area contributed by atoms with Crippen LogP contribution in [0.2, 0.25) is 0 Å². The second-order valence-corrected chi connectivity index (χ2v) is 9.13. The van der Waals surface area contributed by atoms with Crippen molar-refractivity contribution in [3.8, 4) is 0 Å². The normalized spacial score (nSPS) is 21.5. The highest BCUT2D eigenvalue weighted by Gasteiger charge is 2.36. The second-order valence-electron chi connectivity index (χ2n) is 9.13. The first-order valence-corrected chi connectivity index (χ1v) is 11.8. The maximum absolute atomic E-state index is 12.5. The summed E-state index contributed by atoms with van der Waals surface area (Å²) in [5.41, 5.74) is 0. The fourth-order valence-electron chi connectivity index (χ4n) is 4.59. The van der Waals surface area contributed by atoms with Crippen molar-refractivity contribution in [2.45, 2.75) is 50.9 Å². The first-order valence-electron chi connectivity index (χ1n) is 11.8. The van der Waals surface area contributed by atoms with Crippen LogP contribution in [0.15, 0.2) is 4.52 Å². The molecule has 0 aliphatic carbocycles. The van der Waals surface area contributed by atoms with Gasteiger partial charge >= 0.3 is 0 Å². The number of aromatic nitrogens is 2. The molecule has 1 aromatic rings. The van der Waals surface area contributed by atoms with Crippen LogP contribution in [-0.2, 0) is 20.7 Å². The molecule has 172 valence electrons. The van der Waals surface area contributed by atoms with Gasteiger partial charge in [0.2, 0.25) is 17.7 Å². The lowest BCUT2D eigenvalue weighted by Crippen LogP contribution is -2.52. The lowest BCUT2D eigenvalue weighted by Gasteiger charge is -2.38. The van der Waals surface area contributed by atoms with Crippen LogP contribution < -0.4 is 0 Å². The number of amides is 2. The summed E-state index contributed by atoms with van der Waals surface area (Å²) < 4.78 is 10.8. The van der Waals surface area contributed by atoms with Gasteiger partial charge in [-0.25, -0.2) is 0 Å². The molecule has 4 heterocycles. The fourth-order valence-corrected chi connectivity index (χ4v) is 4.59. The van der Waals surface area contributed by atoms with Crippen LogP contribution in [0, 0.1) is 5.92 Å². The number of nitrogens with zero attached hydrogens (tertiary/aromatic N) is 5. The third kappa shape index (κ3) is 5.83. The number of hydrogen-bond donors (Lipinski definition) is 0. The van der Waals surface area contributed by atoms with Gasteiger partial charge in [0.25, 0.3) is 0 Å². The van der Waals surface area contributed by atoms with Crippen molar-refractivity contribution in [2.24, 2.45) is 5.92 Å². The van der Waals surface area contributed by atoms with Crippen LogP contribution >= 0.6 is 0 Å². The van der Waals surface area contributed by atoms with Crippen molar-refractivity contribution in [2.75, 3.05) is 59.5 Å². The molecule has 1 aromatic heterocycles. The van der Waals surface area contributed by atoms with Crippen LogP contribution in [0.1, 0.15) is 56.2 Å². The minimum atomic E-state index is 0.0624. The van der Waals surface area contributed by atoms with Crippen LogP contribution in [0.3, 0.4) is 0 Å². The van der Waals surface area contributed by atoms with Crippen molar-refractivity contribution in [3.63, 3.8) is 0 Å². The number of likely N-dealkylation sites (tertiary alicyclic amines) is 2. The molecule has 3 aliphatic rings. The molecule has 0 bridgehead atoms. The lowest BCUT2D eigenvalue weighted by molar-refractivity contribution is -0.137. The van der Waals surface area contributed by atoms with E-state index >= 15 is 0 Å². The van der Waals surface area contributed by atoms with Gasteiger partial charge in [-0.2, -0.15) is 4.98 Å². The Labute approximate surface area is 184 Å². The zero-order valence-electron chi connectivity index (χ0n) is 18.6. The van der Waals surface area contributed by atoms with E-state index in [9.17, 15) is 9.59 Å². The monoisotopic (exact) mass is 433 g/mol. The van der Waals surface area contributed by atoms with Gasteiger partial charge in [0.15, 0.2) is 5.82 Å². The van der Waals surface area contributed by atoms with Crippen molar-refractivity contribution < 1.29 is 18.8 Å². The highest BCUT2D eigenvalue weighted by atomic mass is 16.5. The molecule has 0 N–H and O–H groups in total. The van der Waals surface area contributed by atoms with Gasteiger partial charge in [0.05, 0.1) is 12.5 Å². The van der Waals surface area contributed by atoms with Gasteiger partial charge in [-0.05, 0) is 38.8 Å². The molecule has 31 heavy (non-hydrogen) atoms. The Kier molecular flexibility index (Phi) is 7.55. The van der Waals surface area contributed by atoms with Gasteiger partial charge in [-0.15, -0.1) is 0 Å². The Morgan fingerprint density at radius 1 is 1.10 bits per heavy atom. The quantitative estimate of drug-likeness (QED) is 0.640. The van der Waals surface area contributed by atoms with E-state index in [1.54, 1.807) is 4.90 Å². The molecule has 4 rings (SSSR count). The molecular formula is C22H35N5O4. The maximum atomic E-state index is 12.5. The summed E-state index contributed by atoms with van der Waals surface area (Å²) >= 11 is 0. The van der Waals surface area contributed by atoms with E-state index in [4.69, 9.17) is 9.26 Å². The Morgan fingerprint density at radius 3 is 2.52 bits per heavy atom. The number of carbonyl (C=O) groups is 2. The summed E-state index contributed by atoms with van der Waals surface area (Å²) in [6.45, 7) is 5.78. The average Bonchev–Trinajstić information content (AvgIpc) is 3.06. The summed E-state index contributed by atoms with van der Waals surface area (Å²) in [6, 6.07) is 0. The van der Waals surface area contributed by atoms with Gasteiger partial charge in [0.1, 0.15) is 0 Å². The van der Waals surface area contributed by atoms with E-state index < -0.39 is 0 Å². The number of likely N-dealkylation sites (N-methyl/N-ethyl adjacent to an activating group) is 1. The molecule has 0 saturated carbocycles. The Hall–Kier alpha value is -2.00. The smallest absolute Gasteiger partial charge is 0.236 e. The first-order chi connectivity index (χ1) is 15.1. The predicted molar refractivity (Wildman–Crippen MR) is 113 cm³/mol. The highest BCUT2D eigenvalue weighted by Crippen LogP contribution is 2.26. The third-order valence-electron chi connectivity index (χ3n) is 6.74. The minimum absolute atomic E-state index is 0.0624. The molecule has 0 spiro atoms. The molecule has 3 saturated heterocycles. The molecular weight excluding hydrogens is 398 g/mol. The van der Waals surface area contributed by atoms with Crippen molar-refractivity contribution in [3.05, 3.63) is 11.7 Å². The van der Waals surface area contributed by atoms with Crippen molar-refractivity contribution in [1.29, 1.82) is 0 Å². The average molecular weight is 434 g/mol. The van der Waals surface area contributed by atoms with Gasteiger partial charge < -0.3 is 19.1 Å². The fraction of sp³-hybridized carbons (Fsp3) is 0.818. The van der Waals surface area contributed by atoms with E-state index in [-0.39, 0.29) is 23.7 Å². The zero-order chi connectivity index (χ0) is 21.6. The predicted octanol–water partition coefficient (Wildman–Crippen LogP) is 1.30. The Morgan fingerprint density at radius 2 is 1.81 bits per heavy atom. The molecule has 0 radical (unpaired) electrons. The Balaban J connectivity index is 1.18. The number of carbonyl (C=O) groups excluding carboxylic acids is 2. The summed E-state index contributed by atoms with van der Waals surface area (Å²) in [5.74, 6) is 1.78. The van der Waals surface area contributed by atoms with Crippen LogP contribution in [0.4, 0.5) is 0 Å². The largest absolute Gasteiger partial charge is 0.381 e. The summed E-state index contributed by atoms with van der Waals surface area (Å²) in [6.07, 6.45) is 7.09. The lowest BCUT2D eigenvalue weighted by atomic mass is 9.99. The molecule has 3 aliphatic heterocycles. The highest BCUT2D eigenvalue weighted by molar-refractivity contribution is 5.79. The summed E-state index contributed by atoms with van der Waals surface area (Å²) in [5, 5.41) is 4.08. The number of ether oxygens (including phenoxy) is 1. The Bertz CT molecular complexity index is 734. The van der Waals surface area contributed by atoms with Crippen molar-refractivity contribution >= 4 is 11.8 Å². The molecule has 3 fully saturated rings. The topological polar surface area (TPSA) is 92.0 Å². The maximum Gasteiger partial charge on any atom is 0.236 e. The molecule has 0 atom stereocenters. The van der Waals surface area contributed by atoms with E-state index in [0.717, 1.165) is 25.9 Å². The SMILES string of the molecule is CN(CCc1noc(C2CN(C(=O)CN3CCCCCC3)C2)n1)C(=O)C1CCOCC1. The van der Waals surface area contributed by atoms with Crippen LogP contribution in [0.25, 0.3) is 0 Å².